The molecule has 2 aromatic carbocycles. The average Bonchev–Trinajstić information content (AvgIpc) is 3.31. The number of anilines is 1. The van der Waals surface area contributed by atoms with Crippen LogP contribution in [0, 0.1) is 25.2 Å². The highest BCUT2D eigenvalue weighted by molar-refractivity contribution is 5.52. The molecule has 1 saturated heterocycles. The monoisotopic (exact) mass is 343 g/mol. The lowest BCUT2D eigenvalue weighted by molar-refractivity contribution is 0.740. The average molecular weight is 343 g/mol. The van der Waals surface area contributed by atoms with E-state index in [1.165, 1.54) is 16.7 Å². The number of hydrogen-bond donors (Lipinski definition) is 0. The van der Waals surface area contributed by atoms with E-state index in [0.29, 0.717) is 17.4 Å². The molecule has 0 aliphatic carbocycles. The summed E-state index contributed by atoms with van der Waals surface area (Å²) >= 11 is 0. The highest BCUT2D eigenvalue weighted by Crippen LogP contribution is 2.31. The first-order valence-electron chi connectivity index (χ1n) is 8.90. The van der Waals surface area contributed by atoms with Crippen molar-refractivity contribution in [1.29, 1.82) is 5.26 Å². The third kappa shape index (κ3) is 2.95. The smallest absolute Gasteiger partial charge is 0.207 e. The van der Waals surface area contributed by atoms with E-state index in [2.05, 4.69) is 71.4 Å². The standard InChI is InChI=1S/C21H21N5/c1-15-8-9-19(12-16(15)2)26-23-20(13-22)21(24-26)25-11-10-18(14-25)17-6-4-3-5-7-17/h3-9,12,18H,10-11,14H2,1-2H3. The zero-order valence-electron chi connectivity index (χ0n) is 15.1. The van der Waals surface area contributed by atoms with Crippen molar-refractivity contribution in [2.75, 3.05) is 18.0 Å². The molecular weight excluding hydrogens is 322 g/mol. The van der Waals surface area contributed by atoms with E-state index in [-0.39, 0.29) is 0 Å². The highest BCUT2D eigenvalue weighted by Gasteiger charge is 2.28. The van der Waals surface area contributed by atoms with Gasteiger partial charge in [0.1, 0.15) is 6.07 Å². The minimum atomic E-state index is 0.386. The summed E-state index contributed by atoms with van der Waals surface area (Å²) in [5.74, 6) is 1.15. The van der Waals surface area contributed by atoms with Gasteiger partial charge in [0, 0.05) is 19.0 Å². The molecule has 1 aliphatic rings. The Hall–Kier alpha value is -3.13. The van der Waals surface area contributed by atoms with Gasteiger partial charge in [0.05, 0.1) is 5.69 Å². The number of aromatic nitrogens is 3. The second-order valence-corrected chi connectivity index (χ2v) is 6.88. The summed E-state index contributed by atoms with van der Waals surface area (Å²) in [4.78, 5) is 3.76. The third-order valence-electron chi connectivity index (χ3n) is 5.18. The number of aryl methyl sites for hydroxylation is 2. The van der Waals surface area contributed by atoms with Crippen LogP contribution >= 0.6 is 0 Å². The van der Waals surface area contributed by atoms with Gasteiger partial charge in [-0.1, -0.05) is 36.4 Å². The van der Waals surface area contributed by atoms with Gasteiger partial charge >= 0.3 is 0 Å². The van der Waals surface area contributed by atoms with E-state index >= 15 is 0 Å². The zero-order chi connectivity index (χ0) is 18.1. The molecule has 0 saturated carbocycles. The lowest BCUT2D eigenvalue weighted by atomic mass is 9.99. The first-order chi connectivity index (χ1) is 12.7. The first-order valence-corrected chi connectivity index (χ1v) is 8.90. The quantitative estimate of drug-likeness (QED) is 0.727. The van der Waals surface area contributed by atoms with Crippen molar-refractivity contribution in [3.05, 3.63) is 70.9 Å². The molecule has 0 bridgehead atoms. The molecule has 5 nitrogen and oxygen atoms in total. The fraction of sp³-hybridized carbons (Fsp3) is 0.286. The Morgan fingerprint density at radius 1 is 1.04 bits per heavy atom. The summed E-state index contributed by atoms with van der Waals surface area (Å²) in [6.07, 6.45) is 1.06. The lowest BCUT2D eigenvalue weighted by Crippen LogP contribution is -2.20. The molecule has 1 atom stereocenters. The molecule has 26 heavy (non-hydrogen) atoms. The molecule has 1 unspecified atom stereocenters. The molecule has 0 N–H and O–H groups in total. The maximum absolute atomic E-state index is 9.53. The van der Waals surface area contributed by atoms with Gasteiger partial charge in [-0.15, -0.1) is 15.0 Å². The fourth-order valence-electron chi connectivity index (χ4n) is 3.50. The number of rotatable bonds is 3. The maximum atomic E-state index is 9.53. The van der Waals surface area contributed by atoms with Crippen molar-refractivity contribution >= 4 is 5.82 Å². The molecule has 1 aliphatic heterocycles. The van der Waals surface area contributed by atoms with Gasteiger partial charge in [0.2, 0.25) is 5.69 Å². The number of nitriles is 1. The summed E-state index contributed by atoms with van der Waals surface area (Å²) in [5, 5.41) is 18.6. The van der Waals surface area contributed by atoms with Gasteiger partial charge in [-0.25, -0.2) is 0 Å². The van der Waals surface area contributed by atoms with E-state index < -0.39 is 0 Å². The van der Waals surface area contributed by atoms with E-state index in [4.69, 9.17) is 0 Å². The summed E-state index contributed by atoms with van der Waals surface area (Å²) in [6.45, 7) is 5.90. The van der Waals surface area contributed by atoms with E-state index in [9.17, 15) is 5.26 Å². The maximum Gasteiger partial charge on any atom is 0.207 e. The van der Waals surface area contributed by atoms with Gasteiger partial charge < -0.3 is 4.90 Å². The number of nitrogens with zero attached hydrogens (tertiary/aromatic N) is 5. The van der Waals surface area contributed by atoms with Crippen LogP contribution in [0.1, 0.15) is 34.7 Å². The zero-order valence-corrected chi connectivity index (χ0v) is 15.1. The minimum absolute atomic E-state index is 0.386. The van der Waals surface area contributed by atoms with Gasteiger partial charge in [0.15, 0.2) is 5.82 Å². The molecule has 0 amide bonds. The summed E-state index contributed by atoms with van der Waals surface area (Å²) < 4.78 is 0. The minimum Gasteiger partial charge on any atom is -0.352 e. The van der Waals surface area contributed by atoms with E-state index in [1.807, 2.05) is 12.1 Å². The van der Waals surface area contributed by atoms with Gasteiger partial charge in [-0.2, -0.15) is 5.26 Å². The van der Waals surface area contributed by atoms with Crippen molar-refractivity contribution in [2.24, 2.45) is 0 Å². The molecule has 2 heterocycles. The third-order valence-corrected chi connectivity index (χ3v) is 5.18. The molecule has 4 rings (SSSR count). The molecule has 3 aromatic rings. The van der Waals surface area contributed by atoms with Gasteiger partial charge in [0.25, 0.3) is 0 Å². The number of benzene rings is 2. The highest BCUT2D eigenvalue weighted by atomic mass is 15.5. The molecule has 0 spiro atoms. The fourth-order valence-corrected chi connectivity index (χ4v) is 3.50. The molecule has 5 heteroatoms. The Bertz CT molecular complexity index is 968. The van der Waals surface area contributed by atoms with Crippen LogP contribution in [0.3, 0.4) is 0 Å². The largest absolute Gasteiger partial charge is 0.352 e. The predicted molar refractivity (Wildman–Crippen MR) is 102 cm³/mol. The van der Waals surface area contributed by atoms with Crippen LogP contribution in [0.25, 0.3) is 5.69 Å². The van der Waals surface area contributed by atoms with Crippen LogP contribution < -0.4 is 4.90 Å². The van der Waals surface area contributed by atoms with Crippen molar-refractivity contribution < 1.29 is 0 Å². The molecule has 130 valence electrons. The Balaban J connectivity index is 1.62. The Morgan fingerprint density at radius 2 is 1.85 bits per heavy atom. The van der Waals surface area contributed by atoms with Crippen molar-refractivity contribution in [3.8, 4) is 11.8 Å². The Morgan fingerprint density at radius 3 is 2.58 bits per heavy atom. The summed E-state index contributed by atoms with van der Waals surface area (Å²) in [7, 11) is 0. The van der Waals surface area contributed by atoms with Crippen molar-refractivity contribution in [2.45, 2.75) is 26.2 Å². The normalized spacial score (nSPS) is 16.7. The molecular formula is C21H21N5. The van der Waals surface area contributed by atoms with Crippen LogP contribution in [0.15, 0.2) is 48.5 Å². The van der Waals surface area contributed by atoms with Crippen LogP contribution in [0.5, 0.6) is 0 Å². The Kier molecular flexibility index (Phi) is 4.18. The van der Waals surface area contributed by atoms with Gasteiger partial charge in [-0.05, 0) is 49.1 Å². The summed E-state index contributed by atoms with van der Waals surface area (Å²) in [5.41, 5.74) is 5.03. The van der Waals surface area contributed by atoms with Crippen LogP contribution in [0.4, 0.5) is 5.82 Å². The van der Waals surface area contributed by atoms with Crippen LogP contribution in [-0.2, 0) is 0 Å². The van der Waals surface area contributed by atoms with Crippen molar-refractivity contribution in [3.63, 3.8) is 0 Å². The van der Waals surface area contributed by atoms with Gasteiger partial charge in [-0.3, -0.25) is 0 Å². The predicted octanol–water partition coefficient (Wildman–Crippen LogP) is 3.75. The molecule has 1 fully saturated rings. The van der Waals surface area contributed by atoms with E-state index in [1.54, 1.807) is 4.80 Å². The van der Waals surface area contributed by atoms with Crippen molar-refractivity contribution in [1.82, 2.24) is 15.0 Å². The lowest BCUT2D eigenvalue weighted by Gasteiger charge is -2.15. The van der Waals surface area contributed by atoms with E-state index in [0.717, 1.165) is 25.2 Å². The topological polar surface area (TPSA) is 57.7 Å². The first kappa shape index (κ1) is 16.3. The summed E-state index contributed by atoms with van der Waals surface area (Å²) in [6, 6.07) is 18.8. The van der Waals surface area contributed by atoms with Crippen LogP contribution in [0.2, 0.25) is 0 Å². The number of hydrogen-bond acceptors (Lipinski definition) is 4. The van der Waals surface area contributed by atoms with Crippen LogP contribution in [-0.4, -0.2) is 28.1 Å². The Labute approximate surface area is 153 Å². The SMILES string of the molecule is Cc1ccc(-n2nc(C#N)c(N3CCC(c4ccccc4)C3)n2)cc1C. The molecule has 1 aromatic heterocycles. The second-order valence-electron chi connectivity index (χ2n) is 6.88. The molecule has 0 radical (unpaired) electrons. The second kappa shape index (κ2) is 6.64.